The summed E-state index contributed by atoms with van der Waals surface area (Å²) in [5.41, 5.74) is 2.01. The fourth-order valence-corrected chi connectivity index (χ4v) is 5.23. The van der Waals surface area contributed by atoms with Gasteiger partial charge in [-0.25, -0.2) is 4.98 Å². The molecule has 2 aromatic carbocycles. The number of halogens is 1. The summed E-state index contributed by atoms with van der Waals surface area (Å²) in [5, 5.41) is 13.5. The van der Waals surface area contributed by atoms with E-state index in [0.717, 1.165) is 28.2 Å². The molecule has 10 heteroatoms. The monoisotopic (exact) mass is 539 g/mol. The molecule has 0 radical (unpaired) electrons. The van der Waals surface area contributed by atoms with Gasteiger partial charge in [0.25, 0.3) is 0 Å². The molecule has 36 heavy (non-hydrogen) atoms. The molecule has 0 saturated carbocycles. The van der Waals surface area contributed by atoms with Crippen LogP contribution in [0.2, 0.25) is 5.02 Å². The average molecular weight is 540 g/mol. The van der Waals surface area contributed by atoms with E-state index in [9.17, 15) is 4.79 Å². The maximum Gasteiger partial charge on any atom is 0.236 e. The zero-order valence-corrected chi connectivity index (χ0v) is 22.2. The lowest BCUT2D eigenvalue weighted by molar-refractivity contribution is -0.113. The predicted molar refractivity (Wildman–Crippen MR) is 147 cm³/mol. The predicted octanol–water partition coefficient (Wildman–Crippen LogP) is 6.35. The number of rotatable bonds is 12. The van der Waals surface area contributed by atoms with Gasteiger partial charge in [-0.3, -0.25) is 9.36 Å². The molecule has 7 nitrogen and oxygen atoms in total. The number of allylic oxidation sites excluding steroid dienone is 1. The van der Waals surface area contributed by atoms with Gasteiger partial charge in [-0.1, -0.05) is 48.5 Å². The van der Waals surface area contributed by atoms with Crippen molar-refractivity contribution >= 4 is 45.7 Å². The van der Waals surface area contributed by atoms with E-state index < -0.39 is 0 Å². The molecule has 2 heterocycles. The third-order valence-corrected chi connectivity index (χ3v) is 7.13. The minimum atomic E-state index is -0.157. The third-order valence-electron chi connectivity index (χ3n) is 5.01. The molecular weight excluding hydrogens is 514 g/mol. The van der Waals surface area contributed by atoms with Crippen LogP contribution in [0.25, 0.3) is 11.4 Å². The number of thiazole rings is 1. The molecule has 4 rings (SSSR count). The van der Waals surface area contributed by atoms with Crippen molar-refractivity contribution in [2.75, 3.05) is 17.7 Å². The van der Waals surface area contributed by atoms with Gasteiger partial charge in [-0.15, -0.1) is 28.1 Å². The quantitative estimate of drug-likeness (QED) is 0.167. The van der Waals surface area contributed by atoms with Gasteiger partial charge in [0.15, 0.2) is 16.1 Å². The second kappa shape index (κ2) is 12.7. The van der Waals surface area contributed by atoms with Crippen LogP contribution in [-0.4, -0.2) is 38.0 Å². The minimum absolute atomic E-state index is 0.157. The van der Waals surface area contributed by atoms with Gasteiger partial charge in [0.05, 0.1) is 12.4 Å². The minimum Gasteiger partial charge on any atom is -0.494 e. The number of hydrogen-bond donors (Lipinski definition) is 1. The number of aromatic nitrogens is 4. The van der Waals surface area contributed by atoms with Crippen LogP contribution in [0.1, 0.15) is 23.8 Å². The highest BCUT2D eigenvalue weighted by Crippen LogP contribution is 2.27. The summed E-state index contributed by atoms with van der Waals surface area (Å²) in [6.07, 6.45) is 5.23. The van der Waals surface area contributed by atoms with Crippen LogP contribution in [0.3, 0.4) is 0 Å². The standard InChI is InChI=1S/C26H26ClN5O2S2/c1-3-12-32-24(19-8-10-21(11-9-19)34-13-4-2)30-31-26(32)35-17-23(33)29-25-28-16-22(36-25)15-18-6-5-7-20(27)14-18/h3,5-11,14,16H,1,4,12-13,15,17H2,2H3,(H,28,29,33). The number of benzene rings is 2. The Morgan fingerprint density at radius 1 is 1.25 bits per heavy atom. The second-order valence-electron chi connectivity index (χ2n) is 7.85. The smallest absolute Gasteiger partial charge is 0.236 e. The lowest BCUT2D eigenvalue weighted by Crippen LogP contribution is -2.14. The van der Waals surface area contributed by atoms with Gasteiger partial charge >= 0.3 is 0 Å². The highest BCUT2D eigenvalue weighted by molar-refractivity contribution is 7.99. The Hall–Kier alpha value is -3.14. The number of nitrogens with one attached hydrogen (secondary N) is 1. The molecule has 0 aliphatic rings. The first kappa shape index (κ1) is 25.9. The molecule has 0 fully saturated rings. The van der Waals surface area contributed by atoms with Crippen LogP contribution in [0.5, 0.6) is 5.75 Å². The van der Waals surface area contributed by atoms with Crippen LogP contribution in [0.15, 0.2) is 72.5 Å². The maximum absolute atomic E-state index is 12.6. The number of nitrogens with zero attached hydrogens (tertiary/aromatic N) is 4. The average Bonchev–Trinajstić information content (AvgIpc) is 3.48. The number of anilines is 1. The number of carbonyl (C=O) groups excluding carboxylic acids is 1. The van der Waals surface area contributed by atoms with Crippen molar-refractivity contribution in [2.45, 2.75) is 31.5 Å². The van der Waals surface area contributed by atoms with E-state index in [4.69, 9.17) is 16.3 Å². The van der Waals surface area contributed by atoms with Crippen LogP contribution in [0.4, 0.5) is 5.13 Å². The summed E-state index contributed by atoms with van der Waals surface area (Å²) in [5.74, 6) is 1.56. The number of ether oxygens (including phenoxy) is 1. The van der Waals surface area contributed by atoms with Crippen LogP contribution < -0.4 is 10.1 Å². The van der Waals surface area contributed by atoms with Crippen molar-refractivity contribution in [3.05, 3.63) is 82.8 Å². The van der Waals surface area contributed by atoms with Crippen molar-refractivity contribution in [3.8, 4) is 17.1 Å². The van der Waals surface area contributed by atoms with Crippen molar-refractivity contribution < 1.29 is 9.53 Å². The molecule has 0 spiro atoms. The Labute approximate surface area is 223 Å². The Bertz CT molecular complexity index is 1320. The summed E-state index contributed by atoms with van der Waals surface area (Å²) in [6, 6.07) is 15.5. The zero-order chi connectivity index (χ0) is 25.3. The molecule has 0 aliphatic carbocycles. The molecule has 1 amide bonds. The molecule has 0 bridgehead atoms. The first-order valence-corrected chi connectivity index (χ1v) is 13.6. The fourth-order valence-electron chi connectivity index (χ4n) is 3.40. The van der Waals surface area contributed by atoms with Gasteiger partial charge in [0, 0.05) is 34.6 Å². The number of carbonyl (C=O) groups is 1. The van der Waals surface area contributed by atoms with Gasteiger partial charge < -0.3 is 10.1 Å². The molecule has 0 aliphatic heterocycles. The van der Waals surface area contributed by atoms with E-state index in [1.54, 1.807) is 12.3 Å². The third kappa shape index (κ3) is 6.96. The lowest BCUT2D eigenvalue weighted by atomic mass is 10.1. The Balaban J connectivity index is 1.36. The van der Waals surface area contributed by atoms with Crippen LogP contribution >= 0.6 is 34.7 Å². The SMILES string of the molecule is C=CCn1c(SCC(=O)Nc2ncc(Cc3cccc(Cl)c3)s2)nnc1-c1ccc(OCCC)cc1. The van der Waals surface area contributed by atoms with Crippen molar-refractivity contribution in [1.82, 2.24) is 19.7 Å². The number of amides is 1. The summed E-state index contributed by atoms with van der Waals surface area (Å²) in [7, 11) is 0. The number of hydrogen-bond acceptors (Lipinski definition) is 7. The van der Waals surface area contributed by atoms with E-state index >= 15 is 0 Å². The van der Waals surface area contributed by atoms with Crippen LogP contribution in [0, 0.1) is 0 Å². The Morgan fingerprint density at radius 2 is 2.08 bits per heavy atom. The summed E-state index contributed by atoms with van der Waals surface area (Å²) in [4.78, 5) is 18.0. The highest BCUT2D eigenvalue weighted by Gasteiger charge is 2.16. The number of thioether (sulfide) groups is 1. The topological polar surface area (TPSA) is 81.9 Å². The van der Waals surface area contributed by atoms with E-state index in [1.165, 1.54) is 23.1 Å². The van der Waals surface area contributed by atoms with E-state index in [2.05, 4.69) is 34.0 Å². The first-order chi connectivity index (χ1) is 17.6. The molecule has 1 N–H and O–H groups in total. The van der Waals surface area contributed by atoms with Crippen molar-refractivity contribution in [3.63, 3.8) is 0 Å². The Morgan fingerprint density at radius 3 is 2.83 bits per heavy atom. The van der Waals surface area contributed by atoms with E-state index in [1.807, 2.05) is 53.1 Å². The summed E-state index contributed by atoms with van der Waals surface area (Å²) < 4.78 is 7.61. The Kier molecular flexibility index (Phi) is 9.16. The normalized spacial score (nSPS) is 10.8. The van der Waals surface area contributed by atoms with Crippen molar-refractivity contribution in [2.24, 2.45) is 0 Å². The summed E-state index contributed by atoms with van der Waals surface area (Å²) >= 11 is 8.84. The molecule has 0 unspecified atom stereocenters. The molecule has 0 saturated heterocycles. The van der Waals surface area contributed by atoms with Gasteiger partial charge in [0.1, 0.15) is 5.75 Å². The molecule has 0 atom stereocenters. The van der Waals surface area contributed by atoms with Gasteiger partial charge in [-0.2, -0.15) is 0 Å². The highest BCUT2D eigenvalue weighted by atomic mass is 35.5. The zero-order valence-electron chi connectivity index (χ0n) is 19.8. The molecular formula is C26H26ClN5O2S2. The van der Waals surface area contributed by atoms with Crippen LogP contribution in [-0.2, 0) is 17.8 Å². The maximum atomic E-state index is 12.6. The largest absolute Gasteiger partial charge is 0.494 e. The van der Waals surface area contributed by atoms with E-state index in [-0.39, 0.29) is 11.7 Å². The molecule has 186 valence electrons. The summed E-state index contributed by atoms with van der Waals surface area (Å²) in [6.45, 7) is 7.13. The van der Waals surface area contributed by atoms with Gasteiger partial charge in [0.2, 0.25) is 5.91 Å². The van der Waals surface area contributed by atoms with Gasteiger partial charge in [-0.05, 0) is 48.4 Å². The van der Waals surface area contributed by atoms with E-state index in [0.29, 0.717) is 40.7 Å². The lowest BCUT2D eigenvalue weighted by Gasteiger charge is -2.09. The second-order valence-corrected chi connectivity index (χ2v) is 10.3. The van der Waals surface area contributed by atoms with Crippen molar-refractivity contribution in [1.29, 1.82) is 0 Å². The first-order valence-electron chi connectivity index (χ1n) is 11.4. The molecule has 2 aromatic heterocycles. The molecule has 4 aromatic rings. The fraction of sp³-hybridized carbons (Fsp3) is 0.231.